The smallest absolute Gasteiger partial charge is 0.411 e. The van der Waals surface area contributed by atoms with Crippen LogP contribution in [0.3, 0.4) is 0 Å². The molecule has 0 unspecified atom stereocenters. The van der Waals surface area contributed by atoms with E-state index in [4.69, 9.17) is 22.1 Å². The second-order valence-electron chi connectivity index (χ2n) is 8.54. The van der Waals surface area contributed by atoms with Gasteiger partial charge in [-0.25, -0.2) is 9.18 Å². The molecule has 1 fully saturated rings. The Kier molecular flexibility index (Phi) is 9.06. The average molecular weight is 505 g/mol. The molecule has 0 bridgehead atoms. The quantitative estimate of drug-likeness (QED) is 0.509. The minimum Gasteiger partial charge on any atom is -0.448 e. The zero-order chi connectivity index (χ0) is 25.4. The van der Waals surface area contributed by atoms with Crippen molar-refractivity contribution in [2.75, 3.05) is 31.6 Å². The number of hydrogen-bond acceptors (Lipinski definition) is 5. The summed E-state index contributed by atoms with van der Waals surface area (Å²) in [6.07, 6.45) is 0.732. The van der Waals surface area contributed by atoms with Gasteiger partial charge in [-0.3, -0.25) is 14.9 Å². The molecule has 2 aromatic carbocycles. The van der Waals surface area contributed by atoms with Crippen molar-refractivity contribution in [2.45, 2.75) is 32.7 Å². The number of carbonyl (C=O) groups is 3. The van der Waals surface area contributed by atoms with Gasteiger partial charge in [-0.15, -0.1) is 0 Å². The summed E-state index contributed by atoms with van der Waals surface area (Å²) in [6, 6.07) is 11.6. The van der Waals surface area contributed by atoms with Crippen LogP contribution in [0.2, 0.25) is 5.02 Å². The van der Waals surface area contributed by atoms with Crippen LogP contribution in [-0.4, -0.2) is 49.0 Å². The number of ether oxygens (including phenoxy) is 1. The van der Waals surface area contributed by atoms with E-state index < -0.39 is 17.3 Å². The standard InChI is InChI=1S/C25H30ClFN4O4/c1-2-17-3-7-20(8-4-17)30-24(34)35-16-25(9-11-31(12-10-25)22(32)14-28)23(33)29-15-18-5-6-19(26)13-21(18)27/h3-8,13H,2,9-12,14-16,28H2,1H3,(H,29,33)(H,30,34). The van der Waals surface area contributed by atoms with Crippen molar-refractivity contribution < 1.29 is 23.5 Å². The molecule has 0 spiro atoms. The molecule has 8 nitrogen and oxygen atoms in total. The molecule has 0 atom stereocenters. The molecule has 3 amide bonds. The van der Waals surface area contributed by atoms with Crippen LogP contribution < -0.4 is 16.4 Å². The zero-order valence-corrected chi connectivity index (χ0v) is 20.4. The van der Waals surface area contributed by atoms with Crippen molar-refractivity contribution in [1.82, 2.24) is 10.2 Å². The summed E-state index contributed by atoms with van der Waals surface area (Å²) in [5.74, 6) is -1.12. The molecule has 0 aromatic heterocycles. The van der Waals surface area contributed by atoms with Crippen LogP contribution in [-0.2, 0) is 27.3 Å². The van der Waals surface area contributed by atoms with Gasteiger partial charge in [0.15, 0.2) is 0 Å². The number of halogens is 2. The number of aryl methyl sites for hydroxylation is 1. The summed E-state index contributed by atoms with van der Waals surface area (Å²) in [5.41, 5.74) is 6.38. The third-order valence-corrected chi connectivity index (χ3v) is 6.51. The Labute approximate surface area is 208 Å². The van der Waals surface area contributed by atoms with E-state index in [1.165, 1.54) is 12.1 Å². The third kappa shape index (κ3) is 6.93. The number of nitrogens with one attached hydrogen (secondary N) is 2. The van der Waals surface area contributed by atoms with Gasteiger partial charge in [-0.2, -0.15) is 0 Å². The molecule has 4 N–H and O–H groups in total. The number of rotatable bonds is 8. The Morgan fingerprint density at radius 1 is 1.14 bits per heavy atom. The fraction of sp³-hybridized carbons (Fsp3) is 0.400. The summed E-state index contributed by atoms with van der Waals surface area (Å²) in [7, 11) is 0. The summed E-state index contributed by atoms with van der Waals surface area (Å²) in [4.78, 5) is 39.3. The maximum absolute atomic E-state index is 14.2. The van der Waals surface area contributed by atoms with E-state index >= 15 is 0 Å². The van der Waals surface area contributed by atoms with E-state index in [-0.39, 0.29) is 54.9 Å². The van der Waals surface area contributed by atoms with E-state index in [9.17, 15) is 18.8 Å². The van der Waals surface area contributed by atoms with E-state index in [0.29, 0.717) is 18.8 Å². The van der Waals surface area contributed by atoms with Gasteiger partial charge in [0, 0.05) is 35.9 Å². The second kappa shape index (κ2) is 12.0. The number of likely N-dealkylation sites (tertiary alicyclic amines) is 1. The number of anilines is 1. The van der Waals surface area contributed by atoms with Crippen LogP contribution in [0, 0.1) is 11.2 Å². The Hall–Kier alpha value is -3.17. The predicted molar refractivity (Wildman–Crippen MR) is 131 cm³/mol. The van der Waals surface area contributed by atoms with Gasteiger partial charge in [0.1, 0.15) is 12.4 Å². The number of piperidine rings is 1. The Bertz CT molecular complexity index is 1060. The van der Waals surface area contributed by atoms with Gasteiger partial charge in [-0.1, -0.05) is 36.7 Å². The number of nitrogens with zero attached hydrogens (tertiary/aromatic N) is 1. The van der Waals surface area contributed by atoms with Gasteiger partial charge < -0.3 is 20.7 Å². The molecular weight excluding hydrogens is 475 g/mol. The minimum absolute atomic E-state index is 0.0506. The van der Waals surface area contributed by atoms with Crippen molar-refractivity contribution in [3.8, 4) is 0 Å². The molecule has 1 heterocycles. The number of carbonyl (C=O) groups excluding carboxylic acids is 3. The van der Waals surface area contributed by atoms with Crippen LogP contribution in [0.5, 0.6) is 0 Å². The summed E-state index contributed by atoms with van der Waals surface area (Å²) < 4.78 is 19.6. The largest absolute Gasteiger partial charge is 0.448 e. The SMILES string of the molecule is CCc1ccc(NC(=O)OCC2(C(=O)NCc3ccc(Cl)cc3F)CCN(C(=O)CN)CC2)cc1. The lowest BCUT2D eigenvalue weighted by molar-refractivity contribution is -0.142. The van der Waals surface area contributed by atoms with Crippen molar-refractivity contribution in [2.24, 2.45) is 11.1 Å². The minimum atomic E-state index is -1.07. The van der Waals surface area contributed by atoms with Crippen LogP contribution in [0.25, 0.3) is 0 Å². The molecule has 1 aliphatic rings. The van der Waals surface area contributed by atoms with Gasteiger partial charge in [0.2, 0.25) is 11.8 Å². The van der Waals surface area contributed by atoms with Crippen LogP contribution in [0.1, 0.15) is 30.9 Å². The Morgan fingerprint density at radius 2 is 1.83 bits per heavy atom. The molecule has 10 heteroatoms. The first-order valence-electron chi connectivity index (χ1n) is 11.5. The van der Waals surface area contributed by atoms with E-state index in [2.05, 4.69) is 10.6 Å². The maximum Gasteiger partial charge on any atom is 0.411 e. The van der Waals surface area contributed by atoms with Gasteiger partial charge in [0.05, 0.1) is 12.0 Å². The fourth-order valence-corrected chi connectivity index (χ4v) is 4.12. The van der Waals surface area contributed by atoms with Gasteiger partial charge in [0.25, 0.3) is 0 Å². The lowest BCUT2D eigenvalue weighted by atomic mass is 9.78. The summed E-state index contributed by atoms with van der Waals surface area (Å²) in [6.45, 7) is 2.26. The Balaban J connectivity index is 1.66. The lowest BCUT2D eigenvalue weighted by Crippen LogP contribution is -2.53. The second-order valence-corrected chi connectivity index (χ2v) is 8.97. The molecule has 1 aliphatic heterocycles. The third-order valence-electron chi connectivity index (χ3n) is 6.27. The molecule has 35 heavy (non-hydrogen) atoms. The molecule has 3 rings (SSSR count). The predicted octanol–water partition coefficient (Wildman–Crippen LogP) is 3.47. The molecule has 1 saturated heterocycles. The molecule has 188 valence electrons. The highest BCUT2D eigenvalue weighted by atomic mass is 35.5. The lowest BCUT2D eigenvalue weighted by Gasteiger charge is -2.40. The molecule has 0 saturated carbocycles. The first-order chi connectivity index (χ1) is 16.8. The topological polar surface area (TPSA) is 114 Å². The van der Waals surface area contributed by atoms with E-state index in [0.717, 1.165) is 12.0 Å². The highest BCUT2D eigenvalue weighted by Crippen LogP contribution is 2.33. The maximum atomic E-state index is 14.2. The number of nitrogens with two attached hydrogens (primary N) is 1. The number of benzene rings is 2. The number of hydrogen-bond donors (Lipinski definition) is 3. The monoisotopic (exact) mass is 504 g/mol. The normalized spacial score (nSPS) is 14.8. The van der Waals surface area contributed by atoms with Crippen LogP contribution in [0.15, 0.2) is 42.5 Å². The summed E-state index contributed by atoms with van der Waals surface area (Å²) in [5, 5.41) is 5.67. The molecule has 2 aromatic rings. The molecule has 0 radical (unpaired) electrons. The first kappa shape index (κ1) is 26.4. The zero-order valence-electron chi connectivity index (χ0n) is 19.6. The van der Waals surface area contributed by atoms with E-state index in [1.807, 2.05) is 19.1 Å². The van der Waals surface area contributed by atoms with Crippen LogP contribution >= 0.6 is 11.6 Å². The van der Waals surface area contributed by atoms with Crippen LogP contribution in [0.4, 0.5) is 14.9 Å². The van der Waals surface area contributed by atoms with Crippen molar-refractivity contribution in [3.05, 3.63) is 64.4 Å². The highest BCUT2D eigenvalue weighted by Gasteiger charge is 2.43. The fourth-order valence-electron chi connectivity index (χ4n) is 3.96. The molecular formula is C25H30ClFN4O4. The van der Waals surface area contributed by atoms with Gasteiger partial charge in [-0.05, 0) is 49.1 Å². The highest BCUT2D eigenvalue weighted by molar-refractivity contribution is 6.30. The molecule has 0 aliphatic carbocycles. The average Bonchev–Trinajstić information content (AvgIpc) is 2.87. The summed E-state index contributed by atoms with van der Waals surface area (Å²) >= 11 is 5.80. The van der Waals surface area contributed by atoms with Gasteiger partial charge >= 0.3 is 6.09 Å². The van der Waals surface area contributed by atoms with Crippen molar-refractivity contribution in [3.63, 3.8) is 0 Å². The number of amides is 3. The first-order valence-corrected chi connectivity index (χ1v) is 11.9. The Morgan fingerprint density at radius 3 is 2.43 bits per heavy atom. The van der Waals surface area contributed by atoms with Crippen molar-refractivity contribution >= 4 is 35.2 Å². The van der Waals surface area contributed by atoms with Crippen molar-refractivity contribution in [1.29, 1.82) is 0 Å². The van der Waals surface area contributed by atoms with E-state index in [1.54, 1.807) is 23.1 Å².